The van der Waals surface area contributed by atoms with Crippen molar-refractivity contribution in [2.75, 3.05) is 44.7 Å². The smallest absolute Gasteiger partial charge is 0.233 e. The number of hydrogen-bond acceptors (Lipinski definition) is 4. The van der Waals surface area contributed by atoms with Gasteiger partial charge in [0.05, 0.1) is 10.8 Å². The maximum Gasteiger partial charge on any atom is 0.233 e. The monoisotopic (exact) mass is 299 g/mol. The fourth-order valence-corrected chi connectivity index (χ4v) is 3.20. The Morgan fingerprint density at radius 1 is 1.37 bits per heavy atom. The number of piperazine rings is 1. The third-order valence-corrected chi connectivity index (χ3v) is 4.76. The molecule has 0 saturated carbocycles. The standard InChI is InChI=1S/C13H18ClN3OS/c1-16-5-7-17(8-6-16)12(18)9-19-13-10(14)3-2-4-11(13)15/h2-4H,5-9,15H2,1H3. The summed E-state index contributed by atoms with van der Waals surface area (Å²) in [5.41, 5.74) is 6.50. The van der Waals surface area contributed by atoms with Crippen molar-refractivity contribution < 1.29 is 4.79 Å². The molecule has 0 bridgehead atoms. The Hall–Kier alpha value is -0.910. The number of nitrogens with zero attached hydrogens (tertiary/aromatic N) is 2. The van der Waals surface area contributed by atoms with Crippen LogP contribution >= 0.6 is 23.4 Å². The lowest BCUT2D eigenvalue weighted by atomic mass is 10.3. The molecule has 0 aliphatic carbocycles. The molecule has 1 heterocycles. The lowest BCUT2D eigenvalue weighted by molar-refractivity contribution is -0.129. The van der Waals surface area contributed by atoms with Crippen LogP contribution in [-0.4, -0.2) is 54.7 Å². The van der Waals surface area contributed by atoms with Crippen LogP contribution < -0.4 is 5.73 Å². The van der Waals surface area contributed by atoms with Crippen LogP contribution in [0.4, 0.5) is 5.69 Å². The van der Waals surface area contributed by atoms with E-state index in [1.807, 2.05) is 11.0 Å². The first-order chi connectivity index (χ1) is 9.08. The van der Waals surface area contributed by atoms with Gasteiger partial charge < -0.3 is 15.5 Å². The summed E-state index contributed by atoms with van der Waals surface area (Å²) in [5, 5.41) is 0.608. The predicted octanol–water partition coefficient (Wildman–Crippen LogP) is 1.79. The van der Waals surface area contributed by atoms with Gasteiger partial charge >= 0.3 is 0 Å². The molecule has 0 spiro atoms. The Morgan fingerprint density at radius 3 is 2.68 bits per heavy atom. The first-order valence-electron chi connectivity index (χ1n) is 6.21. The second kappa shape index (κ2) is 6.50. The Kier molecular flexibility index (Phi) is 4.96. The average molecular weight is 300 g/mol. The highest BCUT2D eigenvalue weighted by Gasteiger charge is 2.19. The van der Waals surface area contributed by atoms with Crippen LogP contribution in [-0.2, 0) is 4.79 Å². The maximum atomic E-state index is 12.1. The van der Waals surface area contributed by atoms with Crippen molar-refractivity contribution in [3.63, 3.8) is 0 Å². The lowest BCUT2D eigenvalue weighted by Gasteiger charge is -2.32. The van der Waals surface area contributed by atoms with Crippen molar-refractivity contribution in [2.45, 2.75) is 4.90 Å². The molecule has 2 N–H and O–H groups in total. The Bertz CT molecular complexity index is 441. The zero-order valence-electron chi connectivity index (χ0n) is 10.9. The molecule has 1 aromatic carbocycles. The third kappa shape index (κ3) is 3.78. The van der Waals surface area contributed by atoms with E-state index in [-0.39, 0.29) is 5.91 Å². The average Bonchev–Trinajstić information content (AvgIpc) is 2.38. The summed E-state index contributed by atoms with van der Waals surface area (Å²) in [5.74, 6) is 0.537. The first kappa shape index (κ1) is 14.5. The van der Waals surface area contributed by atoms with Crippen LogP contribution in [0.15, 0.2) is 23.1 Å². The van der Waals surface area contributed by atoms with Crippen molar-refractivity contribution >= 4 is 35.0 Å². The number of likely N-dealkylation sites (N-methyl/N-ethyl adjacent to an activating group) is 1. The highest BCUT2D eigenvalue weighted by Crippen LogP contribution is 2.32. The van der Waals surface area contributed by atoms with Gasteiger partial charge in [0, 0.05) is 36.8 Å². The van der Waals surface area contributed by atoms with Gasteiger partial charge in [-0.2, -0.15) is 0 Å². The number of halogens is 1. The van der Waals surface area contributed by atoms with Gasteiger partial charge in [-0.1, -0.05) is 17.7 Å². The van der Waals surface area contributed by atoms with Gasteiger partial charge in [-0.25, -0.2) is 0 Å². The summed E-state index contributed by atoms with van der Waals surface area (Å²) in [6.45, 7) is 3.47. The highest BCUT2D eigenvalue weighted by molar-refractivity contribution is 8.00. The van der Waals surface area contributed by atoms with Crippen LogP contribution in [0.25, 0.3) is 0 Å². The largest absolute Gasteiger partial charge is 0.398 e. The van der Waals surface area contributed by atoms with Crippen LogP contribution in [0.2, 0.25) is 5.02 Å². The van der Waals surface area contributed by atoms with Crippen LogP contribution in [0.1, 0.15) is 0 Å². The number of benzene rings is 1. The third-order valence-electron chi connectivity index (χ3n) is 3.19. The molecule has 0 atom stereocenters. The molecule has 1 amide bonds. The fraction of sp³-hybridized carbons (Fsp3) is 0.462. The van der Waals surface area contributed by atoms with E-state index in [4.69, 9.17) is 17.3 Å². The van der Waals surface area contributed by atoms with E-state index in [2.05, 4.69) is 11.9 Å². The number of hydrogen-bond donors (Lipinski definition) is 1. The second-order valence-corrected chi connectivity index (χ2v) is 6.02. The van der Waals surface area contributed by atoms with Crippen molar-refractivity contribution in [2.24, 2.45) is 0 Å². The minimum Gasteiger partial charge on any atom is -0.398 e. The molecule has 4 nitrogen and oxygen atoms in total. The Balaban J connectivity index is 1.90. The van der Waals surface area contributed by atoms with E-state index in [1.165, 1.54) is 11.8 Å². The number of carbonyl (C=O) groups is 1. The molecule has 104 valence electrons. The van der Waals surface area contributed by atoms with Crippen molar-refractivity contribution in [3.05, 3.63) is 23.2 Å². The molecule has 1 aliphatic heterocycles. The van der Waals surface area contributed by atoms with Crippen LogP contribution in [0, 0.1) is 0 Å². The number of thioether (sulfide) groups is 1. The summed E-state index contributed by atoms with van der Waals surface area (Å²) in [6.07, 6.45) is 0. The van der Waals surface area contributed by atoms with E-state index in [0.29, 0.717) is 16.5 Å². The van der Waals surface area contributed by atoms with Gasteiger partial charge in [0.25, 0.3) is 0 Å². The van der Waals surface area contributed by atoms with Gasteiger partial charge in [-0.15, -0.1) is 11.8 Å². The minimum absolute atomic E-state index is 0.150. The molecule has 1 aromatic rings. The van der Waals surface area contributed by atoms with E-state index < -0.39 is 0 Å². The maximum absolute atomic E-state index is 12.1. The summed E-state index contributed by atoms with van der Waals surface area (Å²) in [4.78, 5) is 17.0. The molecule has 0 unspecified atom stereocenters. The summed E-state index contributed by atoms with van der Waals surface area (Å²) in [7, 11) is 2.07. The molecule has 0 aromatic heterocycles. The molecular formula is C13H18ClN3OS. The van der Waals surface area contributed by atoms with Gasteiger partial charge in [0.1, 0.15) is 0 Å². The zero-order chi connectivity index (χ0) is 13.8. The van der Waals surface area contributed by atoms with E-state index in [1.54, 1.807) is 12.1 Å². The van der Waals surface area contributed by atoms with Gasteiger partial charge in [0.15, 0.2) is 0 Å². The zero-order valence-corrected chi connectivity index (χ0v) is 12.5. The number of anilines is 1. The second-order valence-electron chi connectivity index (χ2n) is 4.63. The minimum atomic E-state index is 0.150. The first-order valence-corrected chi connectivity index (χ1v) is 7.57. The van der Waals surface area contributed by atoms with E-state index in [0.717, 1.165) is 31.1 Å². The summed E-state index contributed by atoms with van der Waals surface area (Å²) in [6, 6.07) is 5.40. The van der Waals surface area contributed by atoms with Crippen LogP contribution in [0.3, 0.4) is 0 Å². The Morgan fingerprint density at radius 2 is 2.05 bits per heavy atom. The van der Waals surface area contributed by atoms with Crippen LogP contribution in [0.5, 0.6) is 0 Å². The van der Waals surface area contributed by atoms with Crippen molar-refractivity contribution in [1.82, 2.24) is 9.80 Å². The predicted molar refractivity (Wildman–Crippen MR) is 80.7 cm³/mol. The molecule has 2 rings (SSSR count). The molecule has 1 fully saturated rings. The van der Waals surface area contributed by atoms with Gasteiger partial charge in [-0.3, -0.25) is 4.79 Å². The van der Waals surface area contributed by atoms with Crippen molar-refractivity contribution in [3.8, 4) is 0 Å². The van der Waals surface area contributed by atoms with E-state index >= 15 is 0 Å². The number of rotatable bonds is 3. The van der Waals surface area contributed by atoms with E-state index in [9.17, 15) is 4.79 Å². The molecule has 1 saturated heterocycles. The molecule has 6 heteroatoms. The number of amides is 1. The highest BCUT2D eigenvalue weighted by atomic mass is 35.5. The Labute approximate surface area is 122 Å². The topological polar surface area (TPSA) is 49.6 Å². The molecular weight excluding hydrogens is 282 g/mol. The normalized spacial score (nSPS) is 16.6. The van der Waals surface area contributed by atoms with Crippen molar-refractivity contribution in [1.29, 1.82) is 0 Å². The SMILES string of the molecule is CN1CCN(C(=O)CSc2c(N)cccc2Cl)CC1. The molecule has 1 aliphatic rings. The number of carbonyl (C=O) groups excluding carboxylic acids is 1. The quantitative estimate of drug-likeness (QED) is 0.683. The summed E-state index contributed by atoms with van der Waals surface area (Å²) >= 11 is 7.50. The molecule has 19 heavy (non-hydrogen) atoms. The van der Waals surface area contributed by atoms with Gasteiger partial charge in [-0.05, 0) is 19.2 Å². The van der Waals surface area contributed by atoms with Gasteiger partial charge in [0.2, 0.25) is 5.91 Å². The number of nitrogen functional groups attached to an aromatic ring is 1. The number of nitrogens with two attached hydrogens (primary N) is 1. The fourth-order valence-electron chi connectivity index (χ4n) is 1.96. The molecule has 0 radical (unpaired) electrons. The lowest BCUT2D eigenvalue weighted by Crippen LogP contribution is -2.47. The summed E-state index contributed by atoms with van der Waals surface area (Å²) < 4.78 is 0.